The number of carbonyl (C=O) groups is 2. The van der Waals surface area contributed by atoms with Gasteiger partial charge in [0, 0.05) is 31.6 Å². The molecule has 0 saturated heterocycles. The van der Waals surface area contributed by atoms with Crippen molar-refractivity contribution in [3.05, 3.63) is 89.5 Å². The van der Waals surface area contributed by atoms with Crippen LogP contribution in [0.15, 0.2) is 77.8 Å². The summed E-state index contributed by atoms with van der Waals surface area (Å²) in [5.41, 5.74) is 5.89. The van der Waals surface area contributed by atoms with E-state index in [1.807, 2.05) is 48.5 Å². The lowest BCUT2D eigenvalue weighted by molar-refractivity contribution is -0.155. The van der Waals surface area contributed by atoms with Crippen molar-refractivity contribution in [1.29, 1.82) is 0 Å². The summed E-state index contributed by atoms with van der Waals surface area (Å²) < 4.78 is 28.6. The largest absolute Gasteiger partial charge is 0.494 e. The Morgan fingerprint density at radius 1 is 1.02 bits per heavy atom. The van der Waals surface area contributed by atoms with E-state index < -0.39 is 29.1 Å². The zero-order valence-corrected chi connectivity index (χ0v) is 25.7. The average molecular weight is 618 g/mol. The van der Waals surface area contributed by atoms with Gasteiger partial charge in [0.25, 0.3) is 5.91 Å². The summed E-state index contributed by atoms with van der Waals surface area (Å²) in [6.45, 7) is 6.30. The highest BCUT2D eigenvalue weighted by Crippen LogP contribution is 2.43. The molecule has 2 aliphatic rings. The zero-order valence-electron chi connectivity index (χ0n) is 25.7. The topological polar surface area (TPSA) is 137 Å². The van der Waals surface area contributed by atoms with E-state index in [-0.39, 0.29) is 32.1 Å². The normalized spacial score (nSPS) is 18.6. The highest BCUT2D eigenvalue weighted by atomic mass is 16.7. The minimum atomic E-state index is -1.51. The summed E-state index contributed by atoms with van der Waals surface area (Å²) in [6.07, 6.45) is -0.336. The summed E-state index contributed by atoms with van der Waals surface area (Å²) in [7, 11) is 0. The van der Waals surface area contributed by atoms with Gasteiger partial charge in [0.1, 0.15) is 11.4 Å². The van der Waals surface area contributed by atoms with Crippen LogP contribution in [0.3, 0.4) is 0 Å². The van der Waals surface area contributed by atoms with E-state index in [1.54, 1.807) is 45.0 Å². The highest BCUT2D eigenvalue weighted by molar-refractivity contribution is 6.01. The Balaban J connectivity index is 1.43. The molecule has 5 rings (SSSR count). The molecule has 2 atom stereocenters. The third-order valence-corrected chi connectivity index (χ3v) is 7.19. The summed E-state index contributed by atoms with van der Waals surface area (Å²) in [6, 6.07) is 22.1. The van der Waals surface area contributed by atoms with Crippen molar-refractivity contribution in [1.82, 2.24) is 10.9 Å². The number of aliphatic imine (C=N–C) groups is 1. The number of hydrogen-bond acceptors (Lipinski definition) is 10. The lowest BCUT2D eigenvalue weighted by atomic mass is 9.83. The van der Waals surface area contributed by atoms with E-state index >= 15 is 0 Å². The standard InChI is InChI=1S/C34H39N3O8/c1-33(2,3)45-29(39)16-17-34(32(40)37-35-21-23-10-15-27-28(20-23)43-22-42-27)30(24-8-5-4-6-9-24)44-31(36-34)25-11-13-26(14-12-25)41-19-7-18-38/h4-6,8-15,20,30,35,38H,7,16-19,21-22H2,1-3H3,(H,37,40)/t30-,34-/m0/s1. The van der Waals surface area contributed by atoms with Gasteiger partial charge in [-0.15, -0.1) is 0 Å². The molecule has 3 aromatic carbocycles. The monoisotopic (exact) mass is 617 g/mol. The van der Waals surface area contributed by atoms with Gasteiger partial charge in [0.2, 0.25) is 12.7 Å². The number of ether oxygens (including phenoxy) is 5. The van der Waals surface area contributed by atoms with Gasteiger partial charge in [-0.3, -0.25) is 15.0 Å². The maximum Gasteiger partial charge on any atom is 0.306 e. The molecule has 11 nitrogen and oxygen atoms in total. The third kappa shape index (κ3) is 7.92. The summed E-state index contributed by atoms with van der Waals surface area (Å²) >= 11 is 0. The zero-order chi connectivity index (χ0) is 31.9. The van der Waals surface area contributed by atoms with E-state index in [1.165, 1.54) is 0 Å². The summed E-state index contributed by atoms with van der Waals surface area (Å²) in [5.74, 6) is 1.31. The Labute approximate surface area is 262 Å². The number of nitrogens with one attached hydrogen (secondary N) is 2. The molecule has 11 heteroatoms. The van der Waals surface area contributed by atoms with E-state index in [9.17, 15) is 9.59 Å². The fraction of sp³-hybridized carbons (Fsp3) is 0.382. The molecule has 0 spiro atoms. The molecule has 3 aromatic rings. The first-order valence-electron chi connectivity index (χ1n) is 15.0. The van der Waals surface area contributed by atoms with Gasteiger partial charge >= 0.3 is 5.97 Å². The number of nitrogens with zero attached hydrogens (tertiary/aromatic N) is 1. The number of amides is 1. The number of carbonyl (C=O) groups excluding carboxylic acids is 2. The molecular formula is C34H39N3O8. The first-order chi connectivity index (χ1) is 21.7. The number of hydrogen-bond donors (Lipinski definition) is 3. The minimum Gasteiger partial charge on any atom is -0.494 e. The lowest BCUT2D eigenvalue weighted by Crippen LogP contribution is -2.52. The van der Waals surface area contributed by atoms with Crippen LogP contribution in [-0.2, 0) is 25.6 Å². The molecule has 0 radical (unpaired) electrons. The predicted molar refractivity (Wildman–Crippen MR) is 166 cm³/mol. The fourth-order valence-corrected chi connectivity index (χ4v) is 5.07. The second-order valence-corrected chi connectivity index (χ2v) is 11.8. The Kier molecular flexibility index (Phi) is 9.90. The summed E-state index contributed by atoms with van der Waals surface area (Å²) in [4.78, 5) is 32.0. The molecule has 0 aliphatic carbocycles. The maximum absolute atomic E-state index is 14.2. The Morgan fingerprint density at radius 3 is 2.51 bits per heavy atom. The molecule has 0 saturated carbocycles. The van der Waals surface area contributed by atoms with Crippen molar-refractivity contribution in [3.8, 4) is 17.2 Å². The number of fused-ring (bicyclic) bond motifs is 1. The summed E-state index contributed by atoms with van der Waals surface area (Å²) in [5, 5.41) is 9.04. The molecule has 0 aromatic heterocycles. The van der Waals surface area contributed by atoms with Crippen LogP contribution in [0.1, 0.15) is 62.8 Å². The number of aliphatic hydroxyl groups excluding tert-OH is 1. The molecule has 0 bridgehead atoms. The second-order valence-electron chi connectivity index (χ2n) is 11.8. The van der Waals surface area contributed by atoms with Gasteiger partial charge in [-0.05, 0) is 74.7 Å². The van der Waals surface area contributed by atoms with Crippen LogP contribution in [0.25, 0.3) is 0 Å². The number of rotatable bonds is 13. The van der Waals surface area contributed by atoms with Gasteiger partial charge < -0.3 is 28.8 Å². The van der Waals surface area contributed by atoms with Gasteiger partial charge in [-0.1, -0.05) is 36.4 Å². The molecule has 45 heavy (non-hydrogen) atoms. The van der Waals surface area contributed by atoms with E-state index in [2.05, 4.69) is 10.9 Å². The Morgan fingerprint density at radius 2 is 1.78 bits per heavy atom. The van der Waals surface area contributed by atoms with Crippen molar-refractivity contribution in [3.63, 3.8) is 0 Å². The van der Waals surface area contributed by atoms with E-state index in [0.717, 1.165) is 11.1 Å². The Bertz CT molecular complexity index is 1500. The van der Waals surface area contributed by atoms with Gasteiger partial charge in [-0.25, -0.2) is 10.4 Å². The molecule has 2 aliphatic heterocycles. The minimum absolute atomic E-state index is 0.0326. The smallest absolute Gasteiger partial charge is 0.306 e. The quantitative estimate of drug-likeness (QED) is 0.145. The highest BCUT2D eigenvalue weighted by Gasteiger charge is 2.53. The average Bonchev–Trinajstić information content (AvgIpc) is 3.66. The third-order valence-electron chi connectivity index (χ3n) is 7.19. The number of esters is 1. The predicted octanol–water partition coefficient (Wildman–Crippen LogP) is 4.38. The van der Waals surface area contributed by atoms with Gasteiger partial charge in [-0.2, -0.15) is 0 Å². The number of hydrazine groups is 1. The van der Waals surface area contributed by atoms with Crippen LogP contribution in [0.5, 0.6) is 17.2 Å². The van der Waals surface area contributed by atoms with Crippen LogP contribution < -0.4 is 25.1 Å². The van der Waals surface area contributed by atoms with Gasteiger partial charge in [0.05, 0.1) is 6.61 Å². The van der Waals surface area contributed by atoms with E-state index in [0.29, 0.717) is 42.4 Å². The number of aliphatic hydroxyl groups is 1. The van der Waals surface area contributed by atoms with Crippen molar-refractivity contribution >= 4 is 17.8 Å². The molecule has 238 valence electrons. The molecular weight excluding hydrogens is 578 g/mol. The molecule has 0 unspecified atom stereocenters. The van der Waals surface area contributed by atoms with Crippen LogP contribution in [-0.4, -0.2) is 54.0 Å². The lowest BCUT2D eigenvalue weighted by Gasteiger charge is -2.31. The van der Waals surface area contributed by atoms with Crippen LogP contribution >= 0.6 is 0 Å². The number of benzene rings is 3. The molecule has 1 amide bonds. The first kappa shape index (κ1) is 31.8. The van der Waals surface area contributed by atoms with Gasteiger partial charge in [0.15, 0.2) is 23.1 Å². The Hall–Kier alpha value is -4.61. The van der Waals surface area contributed by atoms with E-state index in [4.69, 9.17) is 33.8 Å². The van der Waals surface area contributed by atoms with Crippen LogP contribution in [0.4, 0.5) is 0 Å². The molecule has 0 fully saturated rings. The van der Waals surface area contributed by atoms with Crippen molar-refractivity contribution in [2.45, 2.75) is 63.8 Å². The van der Waals surface area contributed by atoms with Crippen molar-refractivity contribution in [2.24, 2.45) is 4.99 Å². The SMILES string of the molecule is CC(C)(C)OC(=O)CC[C@]1(C(=O)NNCc2ccc3c(c2)OCO3)N=C(c2ccc(OCCCO)cc2)O[C@H]1c1ccccc1. The first-order valence-corrected chi connectivity index (χ1v) is 15.0. The van der Waals surface area contributed by atoms with Crippen LogP contribution in [0.2, 0.25) is 0 Å². The fourth-order valence-electron chi connectivity index (χ4n) is 5.07. The molecule has 2 heterocycles. The van der Waals surface area contributed by atoms with Crippen LogP contribution in [0, 0.1) is 0 Å². The van der Waals surface area contributed by atoms with Crippen molar-refractivity contribution < 1.29 is 38.4 Å². The molecule has 3 N–H and O–H groups in total. The van der Waals surface area contributed by atoms with Crippen molar-refractivity contribution in [2.75, 3.05) is 20.0 Å². The maximum atomic E-state index is 14.2. The second kappa shape index (κ2) is 14.0.